The number of hydrogen-bond acceptors (Lipinski definition) is 3. The molecule has 0 radical (unpaired) electrons. The molecule has 21 heavy (non-hydrogen) atoms. The van der Waals surface area contributed by atoms with Crippen molar-refractivity contribution < 1.29 is 9.94 Å². The molecule has 3 N–H and O–H groups in total. The minimum absolute atomic E-state index is 0.119. The van der Waals surface area contributed by atoms with Crippen LogP contribution in [-0.2, 0) is 0 Å². The van der Waals surface area contributed by atoms with E-state index >= 15 is 0 Å². The maximum Gasteiger partial charge on any atom is 0.170 e. The lowest BCUT2D eigenvalue weighted by atomic mass is 10.1. The van der Waals surface area contributed by atoms with Crippen LogP contribution in [-0.4, -0.2) is 17.6 Å². The van der Waals surface area contributed by atoms with Gasteiger partial charge < -0.3 is 15.7 Å². The Hall–Kier alpha value is -2.23. The number of oxime groups is 1. The number of fused-ring (bicyclic) bond motifs is 1. The Kier molecular flexibility index (Phi) is 5.43. The van der Waals surface area contributed by atoms with Crippen LogP contribution < -0.4 is 10.5 Å². The highest BCUT2D eigenvalue weighted by Gasteiger charge is 2.02. The van der Waals surface area contributed by atoms with E-state index in [1.807, 2.05) is 36.4 Å². The molecular weight excluding hydrogens is 264 g/mol. The predicted molar refractivity (Wildman–Crippen MR) is 86.1 cm³/mol. The number of nitrogens with zero attached hydrogens (tertiary/aromatic N) is 1. The van der Waals surface area contributed by atoms with Gasteiger partial charge >= 0.3 is 0 Å². The number of benzene rings is 2. The van der Waals surface area contributed by atoms with Gasteiger partial charge in [0.1, 0.15) is 5.75 Å². The van der Waals surface area contributed by atoms with Gasteiger partial charge in [0, 0.05) is 5.56 Å². The lowest BCUT2D eigenvalue weighted by Crippen LogP contribution is -2.12. The summed E-state index contributed by atoms with van der Waals surface area (Å²) in [6.07, 6.45) is 4.80. The van der Waals surface area contributed by atoms with E-state index in [0.717, 1.165) is 29.5 Å². The van der Waals surface area contributed by atoms with Gasteiger partial charge in [0.25, 0.3) is 0 Å². The lowest BCUT2D eigenvalue weighted by molar-refractivity contribution is 0.305. The first-order valence-electron chi connectivity index (χ1n) is 7.39. The molecule has 0 aliphatic carbocycles. The van der Waals surface area contributed by atoms with E-state index in [1.165, 1.54) is 19.3 Å². The maximum atomic E-state index is 8.71. The fraction of sp³-hybridized carbons (Fsp3) is 0.353. The second kappa shape index (κ2) is 7.53. The topological polar surface area (TPSA) is 67.8 Å². The molecule has 0 saturated heterocycles. The first-order chi connectivity index (χ1) is 10.2. The largest absolute Gasteiger partial charge is 0.494 e. The van der Waals surface area contributed by atoms with Crippen molar-refractivity contribution in [3.8, 4) is 5.75 Å². The van der Waals surface area contributed by atoms with Crippen LogP contribution in [0, 0.1) is 0 Å². The second-order valence-electron chi connectivity index (χ2n) is 5.12. The average Bonchev–Trinajstić information content (AvgIpc) is 2.53. The Morgan fingerprint density at radius 3 is 2.62 bits per heavy atom. The molecule has 0 spiro atoms. The van der Waals surface area contributed by atoms with Crippen LogP contribution >= 0.6 is 0 Å². The quantitative estimate of drug-likeness (QED) is 0.267. The number of hydrogen-bond donors (Lipinski definition) is 2. The zero-order valence-electron chi connectivity index (χ0n) is 12.4. The Morgan fingerprint density at radius 1 is 1.10 bits per heavy atom. The van der Waals surface area contributed by atoms with E-state index in [4.69, 9.17) is 15.7 Å². The molecule has 0 saturated carbocycles. The van der Waals surface area contributed by atoms with Gasteiger partial charge in [0.05, 0.1) is 6.61 Å². The standard InChI is InChI=1S/C17H22N2O2/c1-2-3-4-5-10-21-16-9-8-13-11-15(17(18)19-20)7-6-14(13)12-16/h6-9,11-12,20H,2-5,10H2,1H3,(H2,18,19). The van der Waals surface area contributed by atoms with Gasteiger partial charge in [-0.2, -0.15) is 0 Å². The normalized spacial score (nSPS) is 11.8. The molecule has 0 heterocycles. The van der Waals surface area contributed by atoms with E-state index in [0.29, 0.717) is 5.56 Å². The van der Waals surface area contributed by atoms with Crippen LogP contribution in [0.15, 0.2) is 41.6 Å². The first kappa shape index (κ1) is 15.2. The zero-order valence-corrected chi connectivity index (χ0v) is 12.4. The van der Waals surface area contributed by atoms with Crippen molar-refractivity contribution in [2.24, 2.45) is 10.9 Å². The van der Waals surface area contributed by atoms with E-state index in [2.05, 4.69) is 12.1 Å². The summed E-state index contributed by atoms with van der Waals surface area (Å²) in [6, 6.07) is 11.7. The SMILES string of the molecule is CCCCCCOc1ccc2cc(/C(N)=N/O)ccc2c1. The smallest absolute Gasteiger partial charge is 0.170 e. The van der Waals surface area contributed by atoms with Crippen molar-refractivity contribution in [2.45, 2.75) is 32.6 Å². The minimum Gasteiger partial charge on any atom is -0.494 e. The van der Waals surface area contributed by atoms with Crippen molar-refractivity contribution in [3.05, 3.63) is 42.0 Å². The molecule has 0 unspecified atom stereocenters. The third-order valence-corrected chi connectivity index (χ3v) is 3.48. The van der Waals surface area contributed by atoms with Crippen molar-refractivity contribution in [1.82, 2.24) is 0 Å². The predicted octanol–water partition coefficient (Wildman–Crippen LogP) is 3.89. The summed E-state index contributed by atoms with van der Waals surface area (Å²) in [4.78, 5) is 0. The van der Waals surface area contributed by atoms with Crippen LogP contribution in [0.1, 0.15) is 38.2 Å². The highest BCUT2D eigenvalue weighted by Crippen LogP contribution is 2.22. The van der Waals surface area contributed by atoms with E-state index in [9.17, 15) is 0 Å². The third-order valence-electron chi connectivity index (χ3n) is 3.48. The van der Waals surface area contributed by atoms with Crippen molar-refractivity contribution >= 4 is 16.6 Å². The van der Waals surface area contributed by atoms with E-state index in [1.54, 1.807) is 0 Å². The monoisotopic (exact) mass is 286 g/mol. The molecule has 2 aromatic rings. The second-order valence-corrected chi connectivity index (χ2v) is 5.12. The van der Waals surface area contributed by atoms with Gasteiger partial charge in [0.15, 0.2) is 5.84 Å². The summed E-state index contributed by atoms with van der Waals surface area (Å²) in [5.41, 5.74) is 6.30. The summed E-state index contributed by atoms with van der Waals surface area (Å²) in [6.45, 7) is 2.96. The van der Waals surface area contributed by atoms with Gasteiger partial charge in [-0.1, -0.05) is 49.5 Å². The highest BCUT2D eigenvalue weighted by molar-refractivity contribution is 6.00. The summed E-state index contributed by atoms with van der Waals surface area (Å²) in [5.74, 6) is 1.00. The molecule has 112 valence electrons. The minimum atomic E-state index is 0.119. The molecule has 0 amide bonds. The van der Waals surface area contributed by atoms with Crippen molar-refractivity contribution in [2.75, 3.05) is 6.61 Å². The molecule has 0 fully saturated rings. The molecule has 4 nitrogen and oxygen atoms in total. The fourth-order valence-electron chi connectivity index (χ4n) is 2.25. The Labute approximate surface area is 125 Å². The Morgan fingerprint density at radius 2 is 1.86 bits per heavy atom. The van der Waals surface area contributed by atoms with Crippen molar-refractivity contribution in [3.63, 3.8) is 0 Å². The first-order valence-corrected chi connectivity index (χ1v) is 7.39. The van der Waals surface area contributed by atoms with Crippen LogP contribution in [0.4, 0.5) is 0 Å². The number of nitrogens with two attached hydrogens (primary N) is 1. The molecule has 0 aromatic heterocycles. The summed E-state index contributed by atoms with van der Waals surface area (Å²) < 4.78 is 5.77. The maximum absolute atomic E-state index is 8.71. The Balaban J connectivity index is 2.05. The van der Waals surface area contributed by atoms with Gasteiger partial charge in [-0.15, -0.1) is 0 Å². The van der Waals surface area contributed by atoms with Crippen molar-refractivity contribution in [1.29, 1.82) is 0 Å². The third kappa shape index (κ3) is 4.12. The molecule has 0 bridgehead atoms. The summed E-state index contributed by atoms with van der Waals surface area (Å²) in [5, 5.41) is 13.8. The molecule has 2 aromatic carbocycles. The van der Waals surface area contributed by atoms with Gasteiger partial charge in [0.2, 0.25) is 0 Å². The molecule has 4 heteroatoms. The average molecular weight is 286 g/mol. The van der Waals surface area contributed by atoms with Crippen LogP contribution in [0.3, 0.4) is 0 Å². The highest BCUT2D eigenvalue weighted by atomic mass is 16.5. The molecule has 0 aliphatic heterocycles. The van der Waals surface area contributed by atoms with Gasteiger partial charge in [-0.3, -0.25) is 0 Å². The molecule has 2 rings (SSSR count). The van der Waals surface area contributed by atoms with Gasteiger partial charge in [-0.05, 0) is 35.4 Å². The number of amidine groups is 1. The molecule has 0 atom stereocenters. The van der Waals surface area contributed by atoms with Crippen LogP contribution in [0.2, 0.25) is 0 Å². The van der Waals surface area contributed by atoms with Crippen LogP contribution in [0.25, 0.3) is 10.8 Å². The lowest BCUT2D eigenvalue weighted by Gasteiger charge is -2.08. The van der Waals surface area contributed by atoms with Crippen LogP contribution in [0.5, 0.6) is 5.75 Å². The summed E-state index contributed by atoms with van der Waals surface area (Å²) in [7, 11) is 0. The number of rotatable bonds is 7. The molecule has 0 aliphatic rings. The van der Waals surface area contributed by atoms with Gasteiger partial charge in [-0.25, -0.2) is 0 Å². The van der Waals surface area contributed by atoms with E-state index in [-0.39, 0.29) is 5.84 Å². The fourth-order valence-corrected chi connectivity index (χ4v) is 2.25. The number of unbranched alkanes of at least 4 members (excludes halogenated alkanes) is 3. The zero-order chi connectivity index (χ0) is 15.1. The Bertz CT molecular complexity index is 623. The van der Waals surface area contributed by atoms with E-state index < -0.39 is 0 Å². The molecular formula is C17H22N2O2. The number of ether oxygens (including phenoxy) is 1. The summed E-state index contributed by atoms with van der Waals surface area (Å²) >= 11 is 0.